The summed E-state index contributed by atoms with van der Waals surface area (Å²) < 4.78 is 10.8. The Balaban J connectivity index is 1.64. The lowest BCUT2D eigenvalue weighted by molar-refractivity contribution is 0.0141. The number of anilines is 1. The summed E-state index contributed by atoms with van der Waals surface area (Å²) in [7, 11) is 0. The largest absolute Gasteiger partial charge is 0.444 e. The van der Waals surface area contributed by atoms with Crippen molar-refractivity contribution in [3.05, 3.63) is 23.9 Å². The Labute approximate surface area is 160 Å². The molecule has 2 aliphatic rings. The van der Waals surface area contributed by atoms with Crippen molar-refractivity contribution in [3.63, 3.8) is 0 Å². The van der Waals surface area contributed by atoms with Gasteiger partial charge in [-0.3, -0.25) is 4.79 Å². The predicted octanol–water partition coefficient (Wildman–Crippen LogP) is 1.61. The number of amides is 2. The van der Waals surface area contributed by atoms with E-state index < -0.39 is 5.60 Å². The SMILES string of the molecule is CC(C)(C)OC(=O)N1CCN(C(=O)c2cccnc2N2CCOCC2)CC1. The maximum atomic E-state index is 13.1. The van der Waals surface area contributed by atoms with Crippen molar-refractivity contribution in [2.24, 2.45) is 0 Å². The monoisotopic (exact) mass is 376 g/mol. The molecular formula is C19H28N4O4. The number of aromatic nitrogens is 1. The van der Waals surface area contributed by atoms with Crippen molar-refractivity contribution in [1.29, 1.82) is 0 Å². The van der Waals surface area contributed by atoms with Crippen LogP contribution in [0.5, 0.6) is 0 Å². The molecule has 2 aliphatic heterocycles. The number of hydrogen-bond donors (Lipinski definition) is 0. The summed E-state index contributed by atoms with van der Waals surface area (Å²) in [5.74, 6) is 0.661. The van der Waals surface area contributed by atoms with Crippen LogP contribution in [0.3, 0.4) is 0 Å². The third-order valence-corrected chi connectivity index (χ3v) is 4.55. The lowest BCUT2D eigenvalue weighted by Gasteiger charge is -2.36. The maximum Gasteiger partial charge on any atom is 0.410 e. The summed E-state index contributed by atoms with van der Waals surface area (Å²) in [5.41, 5.74) is 0.0809. The lowest BCUT2D eigenvalue weighted by atomic mass is 10.2. The van der Waals surface area contributed by atoms with Gasteiger partial charge in [0.1, 0.15) is 11.4 Å². The van der Waals surface area contributed by atoms with Crippen molar-refractivity contribution in [3.8, 4) is 0 Å². The molecule has 8 nitrogen and oxygen atoms in total. The summed E-state index contributed by atoms with van der Waals surface area (Å²) in [4.78, 5) is 35.2. The first kappa shape index (κ1) is 19.4. The molecule has 0 atom stereocenters. The van der Waals surface area contributed by atoms with E-state index in [4.69, 9.17) is 9.47 Å². The number of pyridine rings is 1. The smallest absolute Gasteiger partial charge is 0.410 e. The van der Waals surface area contributed by atoms with Crippen molar-refractivity contribution in [2.45, 2.75) is 26.4 Å². The summed E-state index contributed by atoms with van der Waals surface area (Å²) in [5, 5.41) is 0. The van der Waals surface area contributed by atoms with E-state index in [1.165, 1.54) is 0 Å². The van der Waals surface area contributed by atoms with E-state index in [9.17, 15) is 9.59 Å². The molecule has 0 aromatic carbocycles. The fourth-order valence-corrected chi connectivity index (χ4v) is 3.18. The van der Waals surface area contributed by atoms with Gasteiger partial charge in [-0.15, -0.1) is 0 Å². The minimum atomic E-state index is -0.521. The fraction of sp³-hybridized carbons (Fsp3) is 0.632. The van der Waals surface area contributed by atoms with Crippen molar-refractivity contribution >= 4 is 17.8 Å². The standard InChI is InChI=1S/C19H28N4O4/c1-19(2,3)27-18(25)23-9-7-22(8-10-23)17(24)15-5-4-6-20-16(15)21-11-13-26-14-12-21/h4-6H,7-14H2,1-3H3. The second-order valence-electron chi connectivity index (χ2n) is 7.73. The Bertz CT molecular complexity index is 675. The van der Waals surface area contributed by atoms with E-state index in [1.54, 1.807) is 22.1 Å². The molecule has 27 heavy (non-hydrogen) atoms. The zero-order valence-electron chi connectivity index (χ0n) is 16.3. The quantitative estimate of drug-likeness (QED) is 0.781. The summed E-state index contributed by atoms with van der Waals surface area (Å²) >= 11 is 0. The molecule has 2 saturated heterocycles. The Morgan fingerprint density at radius 2 is 1.67 bits per heavy atom. The number of carbonyl (C=O) groups excluding carboxylic acids is 2. The first-order chi connectivity index (χ1) is 12.8. The Kier molecular flexibility index (Phi) is 5.84. The minimum Gasteiger partial charge on any atom is -0.444 e. The second-order valence-corrected chi connectivity index (χ2v) is 7.73. The van der Waals surface area contributed by atoms with Gasteiger partial charge in [0.05, 0.1) is 18.8 Å². The molecule has 0 aliphatic carbocycles. The highest BCUT2D eigenvalue weighted by Crippen LogP contribution is 2.21. The van der Waals surface area contributed by atoms with Crippen LogP contribution in [0.25, 0.3) is 0 Å². The number of morpholine rings is 1. The first-order valence-electron chi connectivity index (χ1n) is 9.40. The third-order valence-electron chi connectivity index (χ3n) is 4.55. The predicted molar refractivity (Wildman–Crippen MR) is 101 cm³/mol. The van der Waals surface area contributed by atoms with Gasteiger partial charge in [-0.1, -0.05) is 0 Å². The van der Waals surface area contributed by atoms with Gasteiger partial charge in [0.25, 0.3) is 5.91 Å². The lowest BCUT2D eigenvalue weighted by Crippen LogP contribution is -2.51. The van der Waals surface area contributed by atoms with E-state index in [0.29, 0.717) is 50.8 Å². The van der Waals surface area contributed by atoms with Crippen LogP contribution in [0.15, 0.2) is 18.3 Å². The van der Waals surface area contributed by atoms with Gasteiger partial charge in [0.15, 0.2) is 0 Å². The Morgan fingerprint density at radius 1 is 1.04 bits per heavy atom. The molecule has 2 fully saturated rings. The van der Waals surface area contributed by atoms with E-state index in [-0.39, 0.29) is 12.0 Å². The van der Waals surface area contributed by atoms with Gasteiger partial charge in [0, 0.05) is 45.5 Å². The number of ether oxygens (including phenoxy) is 2. The Morgan fingerprint density at radius 3 is 2.30 bits per heavy atom. The molecule has 0 bridgehead atoms. The third kappa shape index (κ3) is 4.88. The van der Waals surface area contributed by atoms with Gasteiger partial charge in [-0.05, 0) is 32.9 Å². The van der Waals surface area contributed by atoms with Crippen LogP contribution in [0.2, 0.25) is 0 Å². The molecule has 0 unspecified atom stereocenters. The van der Waals surface area contributed by atoms with E-state index in [2.05, 4.69) is 9.88 Å². The highest BCUT2D eigenvalue weighted by atomic mass is 16.6. The van der Waals surface area contributed by atoms with Gasteiger partial charge in [-0.25, -0.2) is 9.78 Å². The van der Waals surface area contributed by atoms with Crippen LogP contribution < -0.4 is 4.90 Å². The molecule has 0 spiro atoms. The van der Waals surface area contributed by atoms with Gasteiger partial charge in [0.2, 0.25) is 0 Å². The van der Waals surface area contributed by atoms with E-state index in [0.717, 1.165) is 13.1 Å². The normalized spacial score (nSPS) is 18.4. The van der Waals surface area contributed by atoms with Gasteiger partial charge in [-0.2, -0.15) is 0 Å². The molecule has 0 saturated carbocycles. The summed E-state index contributed by atoms with van der Waals surface area (Å²) in [6, 6.07) is 3.61. The minimum absolute atomic E-state index is 0.0477. The number of carbonyl (C=O) groups is 2. The maximum absolute atomic E-state index is 13.1. The molecule has 1 aromatic heterocycles. The molecule has 2 amide bonds. The van der Waals surface area contributed by atoms with Crippen LogP contribution in [-0.4, -0.2) is 84.9 Å². The summed E-state index contributed by atoms with van der Waals surface area (Å²) in [6.45, 7) is 10.2. The van der Waals surface area contributed by atoms with Crippen LogP contribution in [-0.2, 0) is 9.47 Å². The van der Waals surface area contributed by atoms with Crippen LogP contribution in [0.1, 0.15) is 31.1 Å². The second kappa shape index (κ2) is 8.12. The average Bonchev–Trinajstić information content (AvgIpc) is 2.67. The molecule has 0 N–H and O–H groups in total. The average molecular weight is 376 g/mol. The Hall–Kier alpha value is -2.35. The molecule has 3 heterocycles. The van der Waals surface area contributed by atoms with E-state index in [1.807, 2.05) is 26.8 Å². The number of nitrogens with zero attached hydrogens (tertiary/aromatic N) is 4. The molecule has 1 aromatic rings. The number of piperazine rings is 1. The first-order valence-corrected chi connectivity index (χ1v) is 9.40. The zero-order chi connectivity index (χ0) is 19.4. The topological polar surface area (TPSA) is 75.2 Å². The van der Waals surface area contributed by atoms with Crippen LogP contribution in [0.4, 0.5) is 10.6 Å². The highest BCUT2D eigenvalue weighted by Gasteiger charge is 2.30. The van der Waals surface area contributed by atoms with Gasteiger partial charge < -0.3 is 24.2 Å². The molecule has 8 heteroatoms. The van der Waals surface area contributed by atoms with Gasteiger partial charge >= 0.3 is 6.09 Å². The molecular weight excluding hydrogens is 348 g/mol. The molecule has 3 rings (SSSR count). The van der Waals surface area contributed by atoms with E-state index >= 15 is 0 Å². The van der Waals surface area contributed by atoms with Crippen molar-refractivity contribution in [2.75, 3.05) is 57.4 Å². The van der Waals surface area contributed by atoms with Crippen LogP contribution in [0, 0.1) is 0 Å². The summed E-state index contributed by atoms with van der Waals surface area (Å²) in [6.07, 6.45) is 1.38. The molecule has 0 radical (unpaired) electrons. The fourth-order valence-electron chi connectivity index (χ4n) is 3.18. The zero-order valence-corrected chi connectivity index (χ0v) is 16.3. The number of hydrogen-bond acceptors (Lipinski definition) is 6. The van der Waals surface area contributed by atoms with Crippen molar-refractivity contribution in [1.82, 2.24) is 14.8 Å². The van der Waals surface area contributed by atoms with Crippen LogP contribution >= 0.6 is 0 Å². The number of rotatable bonds is 2. The molecule has 148 valence electrons. The highest BCUT2D eigenvalue weighted by molar-refractivity contribution is 5.99. The van der Waals surface area contributed by atoms with Crippen molar-refractivity contribution < 1.29 is 19.1 Å².